The number of aliphatic hydroxyl groups excluding tert-OH is 1. The van der Waals surface area contributed by atoms with Gasteiger partial charge in [0.25, 0.3) is 0 Å². The Hall–Kier alpha value is -1.77. The van der Waals surface area contributed by atoms with Crippen LogP contribution in [0.2, 0.25) is 0 Å². The zero-order chi connectivity index (χ0) is 10.4. The van der Waals surface area contributed by atoms with Gasteiger partial charge < -0.3 is 9.84 Å². The molecule has 1 aliphatic heterocycles. The summed E-state index contributed by atoms with van der Waals surface area (Å²) in [5.74, 6) is -0.387. The number of benzene rings is 1. The first-order valence-electron chi connectivity index (χ1n) is 4.94. The lowest BCUT2D eigenvalue weighted by Gasteiger charge is -2.07. The SMILES string of the molecule is O=C1OC2c3ccccc3CC2C1=CO. The van der Waals surface area contributed by atoms with Crippen molar-refractivity contribution in [1.82, 2.24) is 0 Å². The number of hydrogen-bond acceptors (Lipinski definition) is 3. The summed E-state index contributed by atoms with van der Waals surface area (Å²) in [5, 5.41) is 9.00. The Kier molecular flexibility index (Phi) is 1.63. The van der Waals surface area contributed by atoms with Crippen LogP contribution in [-0.4, -0.2) is 11.1 Å². The first-order valence-corrected chi connectivity index (χ1v) is 4.94. The summed E-state index contributed by atoms with van der Waals surface area (Å²) in [6.07, 6.45) is 1.48. The van der Waals surface area contributed by atoms with Crippen LogP contribution in [0.15, 0.2) is 36.1 Å². The lowest BCUT2D eigenvalue weighted by Crippen LogP contribution is -2.03. The van der Waals surface area contributed by atoms with E-state index in [-0.39, 0.29) is 18.0 Å². The van der Waals surface area contributed by atoms with E-state index in [9.17, 15) is 4.79 Å². The summed E-state index contributed by atoms with van der Waals surface area (Å²) < 4.78 is 5.25. The molecule has 2 unspecified atom stereocenters. The molecule has 0 aromatic heterocycles. The Morgan fingerprint density at radius 3 is 3.00 bits per heavy atom. The summed E-state index contributed by atoms with van der Waals surface area (Å²) in [7, 11) is 0. The Morgan fingerprint density at radius 2 is 2.20 bits per heavy atom. The number of rotatable bonds is 0. The van der Waals surface area contributed by atoms with Crippen LogP contribution in [-0.2, 0) is 16.0 Å². The van der Waals surface area contributed by atoms with E-state index in [2.05, 4.69) is 0 Å². The van der Waals surface area contributed by atoms with Crippen LogP contribution in [0.3, 0.4) is 0 Å². The first-order chi connectivity index (χ1) is 7.31. The molecular weight excluding hydrogens is 192 g/mol. The molecule has 3 rings (SSSR count). The second-order valence-electron chi connectivity index (χ2n) is 3.92. The number of ether oxygens (including phenoxy) is 1. The molecule has 1 aromatic carbocycles. The number of carbonyl (C=O) groups is 1. The minimum absolute atomic E-state index is 0.0000926. The number of aliphatic hydroxyl groups is 1. The summed E-state index contributed by atoms with van der Waals surface area (Å²) in [4.78, 5) is 11.4. The molecule has 2 aliphatic rings. The Bertz CT molecular complexity index is 462. The van der Waals surface area contributed by atoms with Gasteiger partial charge in [0.15, 0.2) is 0 Å². The van der Waals surface area contributed by atoms with Crippen LogP contribution >= 0.6 is 0 Å². The Balaban J connectivity index is 2.08. The van der Waals surface area contributed by atoms with Gasteiger partial charge in [0, 0.05) is 5.92 Å². The molecule has 0 amide bonds. The molecule has 3 heteroatoms. The lowest BCUT2D eigenvalue weighted by atomic mass is 9.98. The second kappa shape index (κ2) is 2.86. The molecule has 1 aromatic rings. The van der Waals surface area contributed by atoms with E-state index in [4.69, 9.17) is 9.84 Å². The van der Waals surface area contributed by atoms with Gasteiger partial charge in [-0.1, -0.05) is 24.3 Å². The van der Waals surface area contributed by atoms with Crippen molar-refractivity contribution in [1.29, 1.82) is 0 Å². The Labute approximate surface area is 87.0 Å². The topological polar surface area (TPSA) is 46.5 Å². The van der Waals surface area contributed by atoms with Crippen LogP contribution in [0.1, 0.15) is 17.2 Å². The average molecular weight is 202 g/mol. The largest absolute Gasteiger partial charge is 0.515 e. The van der Waals surface area contributed by atoms with Crippen molar-refractivity contribution in [2.75, 3.05) is 0 Å². The van der Waals surface area contributed by atoms with Gasteiger partial charge in [-0.3, -0.25) is 0 Å². The highest BCUT2D eigenvalue weighted by Gasteiger charge is 2.45. The van der Waals surface area contributed by atoms with Gasteiger partial charge >= 0.3 is 5.97 Å². The number of carbonyl (C=O) groups excluding carboxylic acids is 1. The molecule has 0 bridgehead atoms. The van der Waals surface area contributed by atoms with E-state index in [1.807, 2.05) is 24.3 Å². The predicted octanol–water partition coefficient (Wildman–Crippen LogP) is 1.90. The van der Waals surface area contributed by atoms with E-state index in [1.54, 1.807) is 0 Å². The van der Waals surface area contributed by atoms with E-state index < -0.39 is 0 Å². The molecule has 1 N–H and O–H groups in total. The number of hydrogen-bond donors (Lipinski definition) is 1. The van der Waals surface area contributed by atoms with E-state index in [0.717, 1.165) is 18.2 Å². The van der Waals surface area contributed by atoms with Crippen LogP contribution < -0.4 is 0 Å². The smallest absolute Gasteiger partial charge is 0.338 e. The molecule has 3 nitrogen and oxygen atoms in total. The molecule has 2 atom stereocenters. The normalized spacial score (nSPS) is 30.1. The zero-order valence-corrected chi connectivity index (χ0v) is 8.01. The van der Waals surface area contributed by atoms with Crippen molar-refractivity contribution < 1.29 is 14.6 Å². The highest BCUT2D eigenvalue weighted by atomic mass is 16.6. The molecule has 15 heavy (non-hydrogen) atoms. The van der Waals surface area contributed by atoms with Gasteiger partial charge in [0.05, 0.1) is 11.8 Å². The van der Waals surface area contributed by atoms with Crippen molar-refractivity contribution in [2.45, 2.75) is 12.5 Å². The van der Waals surface area contributed by atoms with Gasteiger partial charge in [0.2, 0.25) is 0 Å². The lowest BCUT2D eigenvalue weighted by molar-refractivity contribution is -0.139. The van der Waals surface area contributed by atoms with Gasteiger partial charge in [0.1, 0.15) is 6.10 Å². The highest BCUT2D eigenvalue weighted by Crippen LogP contribution is 2.47. The fourth-order valence-corrected chi connectivity index (χ4v) is 2.46. The first kappa shape index (κ1) is 8.53. The maximum Gasteiger partial charge on any atom is 0.338 e. The quantitative estimate of drug-likeness (QED) is 0.397. The average Bonchev–Trinajstić information content (AvgIpc) is 2.72. The van der Waals surface area contributed by atoms with Gasteiger partial charge in [-0.2, -0.15) is 0 Å². The van der Waals surface area contributed by atoms with Gasteiger partial charge in [-0.25, -0.2) is 4.79 Å². The van der Waals surface area contributed by atoms with Crippen LogP contribution in [0.4, 0.5) is 0 Å². The third-order valence-electron chi connectivity index (χ3n) is 3.18. The summed E-state index contributed by atoms with van der Waals surface area (Å²) in [5.41, 5.74) is 2.68. The monoisotopic (exact) mass is 202 g/mol. The minimum Gasteiger partial charge on any atom is -0.515 e. The maximum absolute atomic E-state index is 11.4. The molecule has 76 valence electrons. The third-order valence-corrected chi connectivity index (χ3v) is 3.18. The highest BCUT2D eigenvalue weighted by molar-refractivity contribution is 5.91. The molecule has 0 spiro atoms. The molecule has 0 radical (unpaired) electrons. The van der Waals surface area contributed by atoms with Crippen molar-refractivity contribution in [3.63, 3.8) is 0 Å². The van der Waals surface area contributed by atoms with Crippen molar-refractivity contribution in [3.8, 4) is 0 Å². The number of fused-ring (bicyclic) bond motifs is 3. The van der Waals surface area contributed by atoms with E-state index >= 15 is 0 Å². The third kappa shape index (κ3) is 1.03. The minimum atomic E-state index is -0.387. The van der Waals surface area contributed by atoms with Crippen LogP contribution in [0.25, 0.3) is 0 Å². The zero-order valence-electron chi connectivity index (χ0n) is 8.01. The second-order valence-corrected chi connectivity index (χ2v) is 3.92. The Morgan fingerprint density at radius 1 is 1.40 bits per heavy atom. The molecule has 0 saturated carbocycles. The van der Waals surface area contributed by atoms with Crippen molar-refractivity contribution in [3.05, 3.63) is 47.2 Å². The van der Waals surface area contributed by atoms with E-state index in [0.29, 0.717) is 5.57 Å². The summed E-state index contributed by atoms with van der Waals surface area (Å²) in [6, 6.07) is 7.93. The maximum atomic E-state index is 11.4. The number of esters is 1. The molecule has 1 heterocycles. The van der Waals surface area contributed by atoms with Crippen molar-refractivity contribution in [2.24, 2.45) is 5.92 Å². The molecule has 1 fully saturated rings. The van der Waals surface area contributed by atoms with Crippen LogP contribution in [0.5, 0.6) is 0 Å². The standard InChI is InChI=1S/C12H10O3/c13-6-10-9-5-7-3-1-2-4-8(7)11(9)15-12(10)14/h1-4,6,9,11,13H,5H2. The van der Waals surface area contributed by atoms with Gasteiger partial charge in [-0.05, 0) is 17.5 Å². The fraction of sp³-hybridized carbons (Fsp3) is 0.250. The molecule has 1 saturated heterocycles. The fourth-order valence-electron chi connectivity index (χ4n) is 2.46. The van der Waals surface area contributed by atoms with E-state index in [1.165, 1.54) is 5.56 Å². The van der Waals surface area contributed by atoms with Gasteiger partial charge in [-0.15, -0.1) is 0 Å². The molecular formula is C12H10O3. The van der Waals surface area contributed by atoms with Crippen molar-refractivity contribution >= 4 is 5.97 Å². The molecule has 1 aliphatic carbocycles. The summed E-state index contributed by atoms with van der Waals surface area (Å²) in [6.45, 7) is 0. The predicted molar refractivity (Wildman–Crippen MR) is 53.2 cm³/mol. The van der Waals surface area contributed by atoms with Crippen LogP contribution in [0, 0.1) is 5.92 Å². The summed E-state index contributed by atoms with van der Waals surface area (Å²) >= 11 is 0.